The molecule has 0 aliphatic carbocycles. The normalized spacial score (nSPS) is 10.0. The molecular formula is C16H14N4OS. The maximum Gasteiger partial charge on any atom is 0.229 e. The van der Waals surface area contributed by atoms with Crippen molar-refractivity contribution in [1.29, 1.82) is 0 Å². The van der Waals surface area contributed by atoms with Crippen molar-refractivity contribution >= 4 is 23.3 Å². The van der Waals surface area contributed by atoms with Crippen molar-refractivity contribution in [2.45, 2.75) is 0 Å². The molecule has 3 rings (SSSR count). The highest BCUT2D eigenvalue weighted by Crippen LogP contribution is 2.04. The van der Waals surface area contributed by atoms with E-state index in [0.29, 0.717) is 11.4 Å². The second kappa shape index (κ2) is 8.43. The summed E-state index contributed by atoms with van der Waals surface area (Å²) in [6, 6.07) is 14.4. The van der Waals surface area contributed by atoms with Gasteiger partial charge in [-0.1, -0.05) is 18.2 Å². The van der Waals surface area contributed by atoms with Gasteiger partial charge in [0.05, 0.1) is 6.21 Å². The van der Waals surface area contributed by atoms with E-state index >= 15 is 0 Å². The van der Waals surface area contributed by atoms with Crippen LogP contribution in [0.1, 0.15) is 21.1 Å². The van der Waals surface area contributed by atoms with Crippen molar-refractivity contribution in [3.63, 3.8) is 0 Å². The standard InChI is InChI=1S/C11H8N2O.C5H6N2S/c14-11(9-5-1-3-7-12-9)10-6-2-4-8-13-10;6-7-4-5-2-1-3-8-5/h1-8H;1-4H,6H2. The Morgan fingerprint density at radius 2 is 1.64 bits per heavy atom. The van der Waals surface area contributed by atoms with E-state index in [0.717, 1.165) is 4.88 Å². The summed E-state index contributed by atoms with van der Waals surface area (Å²) in [5.41, 5.74) is 0.845. The summed E-state index contributed by atoms with van der Waals surface area (Å²) < 4.78 is 0. The lowest BCUT2D eigenvalue weighted by Crippen LogP contribution is -2.05. The lowest BCUT2D eigenvalue weighted by Gasteiger charge is -1.97. The Bertz CT molecular complexity index is 671. The molecule has 0 bridgehead atoms. The van der Waals surface area contributed by atoms with Gasteiger partial charge in [0.2, 0.25) is 5.78 Å². The number of ketones is 1. The molecule has 0 radical (unpaired) electrons. The summed E-state index contributed by atoms with van der Waals surface area (Å²) in [6.45, 7) is 0. The molecule has 0 aliphatic heterocycles. The number of rotatable bonds is 3. The summed E-state index contributed by atoms with van der Waals surface area (Å²) in [7, 11) is 0. The third-order valence-electron chi connectivity index (χ3n) is 2.54. The first-order valence-electron chi connectivity index (χ1n) is 6.45. The van der Waals surface area contributed by atoms with Crippen LogP contribution in [0, 0.1) is 0 Å². The second-order valence-corrected chi connectivity index (χ2v) is 5.03. The Morgan fingerprint density at radius 3 is 2.05 bits per heavy atom. The Kier molecular flexibility index (Phi) is 5.95. The van der Waals surface area contributed by atoms with Crippen LogP contribution in [0.25, 0.3) is 0 Å². The Labute approximate surface area is 132 Å². The minimum atomic E-state index is -0.147. The van der Waals surface area contributed by atoms with Crippen molar-refractivity contribution in [3.8, 4) is 0 Å². The van der Waals surface area contributed by atoms with Gasteiger partial charge < -0.3 is 5.84 Å². The first kappa shape index (κ1) is 15.5. The number of aromatic nitrogens is 2. The predicted octanol–water partition coefficient (Wildman–Crippen LogP) is 2.75. The second-order valence-electron chi connectivity index (χ2n) is 4.05. The van der Waals surface area contributed by atoms with Crippen LogP contribution in [0.3, 0.4) is 0 Å². The molecule has 0 unspecified atom stereocenters. The zero-order chi connectivity index (χ0) is 15.6. The van der Waals surface area contributed by atoms with Crippen molar-refractivity contribution in [2.24, 2.45) is 10.9 Å². The molecule has 0 aliphatic rings. The fourth-order valence-electron chi connectivity index (χ4n) is 1.56. The molecule has 22 heavy (non-hydrogen) atoms. The number of nitrogens with zero attached hydrogens (tertiary/aromatic N) is 3. The maximum atomic E-state index is 11.7. The van der Waals surface area contributed by atoms with Crippen LogP contribution in [0.15, 0.2) is 71.4 Å². The first-order valence-corrected chi connectivity index (χ1v) is 7.32. The van der Waals surface area contributed by atoms with Gasteiger partial charge in [0.25, 0.3) is 0 Å². The monoisotopic (exact) mass is 310 g/mol. The zero-order valence-electron chi connectivity index (χ0n) is 11.7. The van der Waals surface area contributed by atoms with Gasteiger partial charge >= 0.3 is 0 Å². The molecule has 6 heteroatoms. The lowest BCUT2D eigenvalue weighted by atomic mass is 10.2. The molecule has 3 heterocycles. The van der Waals surface area contributed by atoms with E-state index in [9.17, 15) is 4.79 Å². The van der Waals surface area contributed by atoms with E-state index in [-0.39, 0.29) is 5.78 Å². The van der Waals surface area contributed by atoms with Crippen molar-refractivity contribution in [2.75, 3.05) is 0 Å². The third kappa shape index (κ3) is 4.60. The molecule has 2 N–H and O–H groups in total. The van der Waals surface area contributed by atoms with E-state index in [1.165, 1.54) is 0 Å². The molecular weight excluding hydrogens is 296 g/mol. The highest BCUT2D eigenvalue weighted by molar-refractivity contribution is 7.11. The summed E-state index contributed by atoms with van der Waals surface area (Å²) in [4.78, 5) is 20.7. The molecule has 0 aromatic carbocycles. The minimum absolute atomic E-state index is 0.147. The van der Waals surface area contributed by atoms with Crippen molar-refractivity contribution in [1.82, 2.24) is 9.97 Å². The number of nitrogens with two attached hydrogens (primary N) is 1. The van der Waals surface area contributed by atoms with Crippen LogP contribution >= 0.6 is 11.3 Å². The van der Waals surface area contributed by atoms with Gasteiger partial charge in [0.15, 0.2) is 0 Å². The molecule has 3 aromatic rings. The number of pyridine rings is 2. The van der Waals surface area contributed by atoms with E-state index < -0.39 is 0 Å². The topological polar surface area (TPSA) is 81.2 Å². The summed E-state index contributed by atoms with van der Waals surface area (Å²) >= 11 is 1.62. The van der Waals surface area contributed by atoms with E-state index in [1.54, 1.807) is 66.3 Å². The molecule has 0 amide bonds. The molecule has 5 nitrogen and oxygen atoms in total. The Balaban J connectivity index is 0.000000188. The lowest BCUT2D eigenvalue weighted by molar-refractivity contribution is 0.103. The van der Waals surface area contributed by atoms with Gasteiger partial charge in [-0.3, -0.25) is 14.8 Å². The van der Waals surface area contributed by atoms with Gasteiger partial charge in [0.1, 0.15) is 11.4 Å². The van der Waals surface area contributed by atoms with Crippen LogP contribution in [0.4, 0.5) is 0 Å². The molecule has 3 aromatic heterocycles. The van der Waals surface area contributed by atoms with E-state index in [2.05, 4.69) is 15.1 Å². The summed E-state index contributed by atoms with van der Waals surface area (Å²) in [6.07, 6.45) is 4.82. The predicted molar refractivity (Wildman–Crippen MR) is 88.0 cm³/mol. The fourth-order valence-corrected chi connectivity index (χ4v) is 2.16. The molecule has 0 atom stereocenters. The number of thiophene rings is 1. The largest absolute Gasteiger partial charge is 0.323 e. The molecule has 110 valence electrons. The molecule has 0 saturated carbocycles. The quantitative estimate of drug-likeness (QED) is 0.349. The van der Waals surface area contributed by atoms with Crippen LogP contribution in [-0.4, -0.2) is 22.0 Å². The number of carbonyl (C=O) groups excluding carboxylic acids is 1. The van der Waals surface area contributed by atoms with Crippen LogP contribution in [0.2, 0.25) is 0 Å². The number of carbonyl (C=O) groups is 1. The van der Waals surface area contributed by atoms with E-state index in [4.69, 9.17) is 5.84 Å². The van der Waals surface area contributed by atoms with Crippen LogP contribution < -0.4 is 5.84 Å². The maximum absolute atomic E-state index is 11.7. The van der Waals surface area contributed by atoms with Gasteiger partial charge in [-0.2, -0.15) is 5.10 Å². The highest BCUT2D eigenvalue weighted by atomic mass is 32.1. The average Bonchev–Trinajstić information content (AvgIpc) is 3.10. The van der Waals surface area contributed by atoms with Gasteiger partial charge in [-0.15, -0.1) is 11.3 Å². The Morgan fingerprint density at radius 1 is 1.00 bits per heavy atom. The average molecular weight is 310 g/mol. The van der Waals surface area contributed by atoms with E-state index in [1.807, 2.05) is 17.5 Å². The summed E-state index contributed by atoms with van der Waals surface area (Å²) in [5, 5.41) is 5.35. The summed E-state index contributed by atoms with van der Waals surface area (Å²) in [5.74, 6) is 4.75. The third-order valence-corrected chi connectivity index (χ3v) is 3.35. The molecule has 0 fully saturated rings. The number of hydrazone groups is 1. The smallest absolute Gasteiger partial charge is 0.229 e. The minimum Gasteiger partial charge on any atom is -0.323 e. The molecule has 0 spiro atoms. The fraction of sp³-hybridized carbons (Fsp3) is 0. The van der Waals surface area contributed by atoms with Crippen molar-refractivity contribution < 1.29 is 4.79 Å². The van der Waals surface area contributed by atoms with Crippen molar-refractivity contribution in [3.05, 3.63) is 82.6 Å². The van der Waals surface area contributed by atoms with Gasteiger partial charge in [0, 0.05) is 17.3 Å². The number of hydrogen-bond acceptors (Lipinski definition) is 6. The Hall–Kier alpha value is -2.86. The van der Waals surface area contributed by atoms with Gasteiger partial charge in [-0.05, 0) is 35.7 Å². The SMILES string of the molecule is NN=Cc1cccs1.O=C(c1ccccn1)c1ccccn1. The van der Waals surface area contributed by atoms with Gasteiger partial charge in [-0.25, -0.2) is 0 Å². The van der Waals surface area contributed by atoms with Crippen LogP contribution in [-0.2, 0) is 0 Å². The zero-order valence-corrected chi connectivity index (χ0v) is 12.5. The molecule has 0 saturated heterocycles. The van der Waals surface area contributed by atoms with Crippen LogP contribution in [0.5, 0.6) is 0 Å². The number of hydrogen-bond donors (Lipinski definition) is 1. The highest BCUT2D eigenvalue weighted by Gasteiger charge is 2.09. The first-order chi connectivity index (χ1) is 10.8.